The molecule has 0 atom stereocenters. The molecular weight excluding hydrogens is 251 g/mol. The Morgan fingerprint density at radius 3 is 1.90 bits per heavy atom. The van der Waals surface area contributed by atoms with E-state index in [-0.39, 0.29) is 0 Å². The summed E-state index contributed by atoms with van der Waals surface area (Å²) in [6.45, 7) is 4.70. The summed E-state index contributed by atoms with van der Waals surface area (Å²) in [7, 11) is 0. The minimum Gasteiger partial charge on any atom is -0.113 e. The summed E-state index contributed by atoms with van der Waals surface area (Å²) in [6, 6.07) is 10.7. The van der Waals surface area contributed by atoms with Crippen LogP contribution in [0.4, 0.5) is 0 Å². The highest BCUT2D eigenvalue weighted by Crippen LogP contribution is 2.10. The molecule has 0 amide bonds. The lowest BCUT2D eigenvalue weighted by molar-refractivity contribution is 1.74. The molecule has 0 aliphatic rings. The van der Waals surface area contributed by atoms with Crippen LogP contribution in [-0.2, 0) is 0 Å². The van der Waals surface area contributed by atoms with Crippen molar-refractivity contribution in [3.8, 4) is 0 Å². The first-order chi connectivity index (χ1) is 4.61. The van der Waals surface area contributed by atoms with Gasteiger partial charge in [-0.1, -0.05) is 43.4 Å². The summed E-state index contributed by atoms with van der Waals surface area (Å²) in [4.78, 5) is 0. The molecular formula is C8H11ISi. The number of halogens is 1. The highest BCUT2D eigenvalue weighted by molar-refractivity contribution is 14.1. The Hall–Kier alpha value is 0.167. The van der Waals surface area contributed by atoms with Crippen molar-refractivity contribution in [3.63, 3.8) is 0 Å². The first-order valence-electron chi connectivity index (χ1n) is 3.35. The monoisotopic (exact) mass is 262 g/mol. The van der Waals surface area contributed by atoms with Gasteiger partial charge < -0.3 is 0 Å². The van der Waals surface area contributed by atoms with E-state index in [1.54, 1.807) is 0 Å². The van der Waals surface area contributed by atoms with Crippen LogP contribution in [0.3, 0.4) is 0 Å². The zero-order valence-corrected chi connectivity index (χ0v) is 9.42. The molecule has 0 fully saturated rings. The molecule has 10 heavy (non-hydrogen) atoms. The Bertz CT molecular complexity index is 200. The van der Waals surface area contributed by atoms with Crippen LogP contribution in [0.1, 0.15) is 0 Å². The van der Waals surface area contributed by atoms with Crippen molar-refractivity contribution < 1.29 is 0 Å². The summed E-state index contributed by atoms with van der Waals surface area (Å²) in [6.07, 6.45) is 0. The smallest absolute Gasteiger partial charge is 0.113 e. The number of rotatable bonds is 1. The van der Waals surface area contributed by atoms with Crippen molar-refractivity contribution in [3.05, 3.63) is 30.3 Å². The van der Waals surface area contributed by atoms with Crippen molar-refractivity contribution in [1.82, 2.24) is 0 Å². The van der Waals surface area contributed by atoms with E-state index in [4.69, 9.17) is 0 Å². The molecule has 2 heteroatoms. The van der Waals surface area contributed by atoms with E-state index < -0.39 is 5.57 Å². The molecule has 0 heterocycles. The van der Waals surface area contributed by atoms with Crippen molar-refractivity contribution >= 4 is 32.6 Å². The molecule has 1 aromatic rings. The molecule has 0 radical (unpaired) electrons. The van der Waals surface area contributed by atoms with Gasteiger partial charge in [0.25, 0.3) is 0 Å². The highest BCUT2D eigenvalue weighted by atomic mass is 127. The molecule has 0 spiro atoms. The third kappa shape index (κ3) is 2.09. The van der Waals surface area contributed by atoms with Crippen molar-refractivity contribution in [1.29, 1.82) is 0 Å². The zero-order chi connectivity index (χ0) is 7.61. The van der Waals surface area contributed by atoms with E-state index in [9.17, 15) is 0 Å². The SMILES string of the molecule is C[Si](C)(I)c1ccccc1. The Morgan fingerprint density at radius 1 is 1.10 bits per heavy atom. The standard InChI is InChI=1S/C8H11ISi/c1-10(2,9)8-6-4-3-5-7-8/h3-7H,1-2H3. The Morgan fingerprint density at radius 2 is 1.60 bits per heavy atom. The van der Waals surface area contributed by atoms with Crippen molar-refractivity contribution in [2.24, 2.45) is 0 Å². The fraction of sp³-hybridized carbons (Fsp3) is 0.250. The lowest BCUT2D eigenvalue weighted by Gasteiger charge is -2.12. The summed E-state index contributed by atoms with van der Waals surface area (Å²) in [5.41, 5.74) is -1.06. The first kappa shape index (κ1) is 8.27. The Labute approximate surface area is 75.9 Å². The second kappa shape index (κ2) is 3.05. The molecule has 0 bridgehead atoms. The molecule has 0 saturated heterocycles. The summed E-state index contributed by atoms with van der Waals surface area (Å²) < 4.78 is 0. The predicted octanol–water partition coefficient (Wildman–Crippen LogP) is 2.53. The molecule has 1 rings (SSSR count). The maximum absolute atomic E-state index is 2.58. The summed E-state index contributed by atoms with van der Waals surface area (Å²) in [5.74, 6) is 0. The van der Waals surface area contributed by atoms with Gasteiger partial charge in [-0.15, -0.1) is 21.8 Å². The van der Waals surface area contributed by atoms with Crippen LogP contribution in [0.25, 0.3) is 0 Å². The minimum atomic E-state index is -1.06. The third-order valence-corrected chi connectivity index (χ3v) is 5.03. The van der Waals surface area contributed by atoms with E-state index >= 15 is 0 Å². The van der Waals surface area contributed by atoms with Gasteiger partial charge in [0, 0.05) is 0 Å². The molecule has 54 valence electrons. The van der Waals surface area contributed by atoms with Crippen molar-refractivity contribution in [2.45, 2.75) is 13.1 Å². The molecule has 0 aliphatic carbocycles. The van der Waals surface area contributed by atoms with Gasteiger partial charge >= 0.3 is 0 Å². The predicted molar refractivity (Wildman–Crippen MR) is 57.6 cm³/mol. The van der Waals surface area contributed by atoms with Crippen LogP contribution < -0.4 is 5.19 Å². The van der Waals surface area contributed by atoms with Gasteiger partial charge in [0.2, 0.25) is 0 Å². The fourth-order valence-electron chi connectivity index (χ4n) is 0.834. The quantitative estimate of drug-likeness (QED) is 0.414. The maximum atomic E-state index is 2.58. The van der Waals surface area contributed by atoms with E-state index in [0.29, 0.717) is 0 Å². The van der Waals surface area contributed by atoms with E-state index in [2.05, 4.69) is 65.2 Å². The van der Waals surface area contributed by atoms with Crippen LogP contribution in [0.2, 0.25) is 13.1 Å². The molecule has 0 unspecified atom stereocenters. The van der Waals surface area contributed by atoms with Crippen LogP contribution in [0.15, 0.2) is 30.3 Å². The van der Waals surface area contributed by atoms with Crippen molar-refractivity contribution in [2.75, 3.05) is 0 Å². The number of hydrogen-bond acceptors (Lipinski definition) is 0. The van der Waals surface area contributed by atoms with Gasteiger partial charge in [0.15, 0.2) is 0 Å². The molecule has 0 saturated carbocycles. The van der Waals surface area contributed by atoms with Gasteiger partial charge in [-0.25, -0.2) is 0 Å². The van der Waals surface area contributed by atoms with E-state index in [1.165, 1.54) is 5.19 Å². The molecule has 0 N–H and O–H groups in total. The topological polar surface area (TPSA) is 0 Å². The zero-order valence-electron chi connectivity index (χ0n) is 6.26. The molecule has 0 nitrogen and oxygen atoms in total. The van der Waals surface area contributed by atoms with Gasteiger partial charge in [0.05, 0.1) is 0 Å². The normalized spacial score (nSPS) is 11.5. The highest BCUT2D eigenvalue weighted by Gasteiger charge is 2.17. The van der Waals surface area contributed by atoms with E-state index in [0.717, 1.165) is 0 Å². The van der Waals surface area contributed by atoms with Crippen LogP contribution in [0, 0.1) is 0 Å². The Kier molecular flexibility index (Phi) is 2.52. The van der Waals surface area contributed by atoms with E-state index in [1.807, 2.05) is 0 Å². The maximum Gasteiger partial charge on any atom is 0.149 e. The summed E-state index contributed by atoms with van der Waals surface area (Å²) in [5, 5.41) is 1.52. The van der Waals surface area contributed by atoms with Gasteiger partial charge in [-0.3, -0.25) is 0 Å². The van der Waals surface area contributed by atoms with Crippen LogP contribution in [-0.4, -0.2) is 5.57 Å². The van der Waals surface area contributed by atoms with Crippen LogP contribution >= 0.6 is 21.8 Å². The van der Waals surface area contributed by atoms with Gasteiger partial charge in [0.1, 0.15) is 5.57 Å². The lowest BCUT2D eigenvalue weighted by atomic mass is 10.4. The third-order valence-electron chi connectivity index (χ3n) is 1.46. The van der Waals surface area contributed by atoms with Gasteiger partial charge in [-0.2, -0.15) is 0 Å². The van der Waals surface area contributed by atoms with Gasteiger partial charge in [-0.05, 0) is 5.19 Å². The average molecular weight is 262 g/mol. The molecule has 0 aromatic heterocycles. The number of benzene rings is 1. The first-order valence-corrected chi connectivity index (χ1v) is 9.46. The number of hydrogen-bond donors (Lipinski definition) is 0. The molecule has 0 aliphatic heterocycles. The second-order valence-corrected chi connectivity index (χ2v) is 14.5. The fourth-order valence-corrected chi connectivity index (χ4v) is 2.90. The second-order valence-electron chi connectivity index (χ2n) is 2.84. The minimum absolute atomic E-state index is 1.06. The lowest BCUT2D eigenvalue weighted by Crippen LogP contribution is -2.33. The Balaban J connectivity index is 2.97. The molecule has 1 aromatic carbocycles. The summed E-state index contributed by atoms with van der Waals surface area (Å²) >= 11 is 2.58. The van der Waals surface area contributed by atoms with Crippen LogP contribution in [0.5, 0.6) is 0 Å². The average Bonchev–Trinajstić information content (AvgIpc) is 1.88. The largest absolute Gasteiger partial charge is 0.149 e.